The fraction of sp³-hybridized carbons (Fsp3) is 0.467. The first-order chi connectivity index (χ1) is 11.4. The van der Waals surface area contributed by atoms with E-state index >= 15 is 0 Å². The minimum atomic E-state index is -4.63. The summed E-state index contributed by atoms with van der Waals surface area (Å²) in [7, 11) is 1.57. The second-order valence-electron chi connectivity index (χ2n) is 4.82. The molecule has 6 nitrogen and oxygen atoms in total. The van der Waals surface area contributed by atoms with Crippen molar-refractivity contribution >= 4 is 11.8 Å². The average molecular weight is 347 g/mol. The van der Waals surface area contributed by atoms with Gasteiger partial charge in [-0.05, 0) is 12.1 Å². The van der Waals surface area contributed by atoms with Gasteiger partial charge in [-0.3, -0.25) is 9.59 Å². The molecule has 1 rings (SSSR count). The summed E-state index contributed by atoms with van der Waals surface area (Å²) in [4.78, 5) is 23.4. The van der Waals surface area contributed by atoms with Gasteiger partial charge in [-0.25, -0.2) is 0 Å². The van der Waals surface area contributed by atoms with E-state index < -0.39 is 35.7 Å². The molecule has 0 spiro atoms. The number of amides is 2. The Hall–Kier alpha value is -2.13. The van der Waals surface area contributed by atoms with Crippen LogP contribution in [0.2, 0.25) is 0 Å². The summed E-state index contributed by atoms with van der Waals surface area (Å²) in [6.07, 6.45) is -4.63. The van der Waals surface area contributed by atoms with E-state index in [1.165, 1.54) is 12.1 Å². The van der Waals surface area contributed by atoms with E-state index in [0.29, 0.717) is 26.2 Å². The van der Waals surface area contributed by atoms with Crippen LogP contribution in [0, 0.1) is 0 Å². The Morgan fingerprint density at radius 1 is 1.08 bits per heavy atom. The lowest BCUT2D eigenvalue weighted by molar-refractivity contribution is -0.137. The van der Waals surface area contributed by atoms with Crippen LogP contribution in [0.5, 0.6) is 0 Å². The first-order valence-electron chi connectivity index (χ1n) is 7.27. The average Bonchev–Trinajstić information content (AvgIpc) is 2.55. The van der Waals surface area contributed by atoms with E-state index in [0.717, 1.165) is 12.1 Å². The van der Waals surface area contributed by atoms with Crippen LogP contribution < -0.4 is 16.0 Å². The lowest BCUT2D eigenvalue weighted by atomic mass is 10.1. The second kappa shape index (κ2) is 9.89. The Morgan fingerprint density at radius 3 is 2.46 bits per heavy atom. The van der Waals surface area contributed by atoms with Gasteiger partial charge in [-0.15, -0.1) is 0 Å². The zero-order valence-electron chi connectivity index (χ0n) is 13.2. The molecule has 134 valence electrons. The first-order valence-corrected chi connectivity index (χ1v) is 7.27. The number of carbonyl (C=O) groups excluding carboxylic acids is 2. The van der Waals surface area contributed by atoms with Gasteiger partial charge in [0.15, 0.2) is 0 Å². The molecule has 9 heteroatoms. The van der Waals surface area contributed by atoms with Crippen molar-refractivity contribution in [2.24, 2.45) is 0 Å². The highest BCUT2D eigenvalue weighted by Crippen LogP contribution is 2.31. The first kappa shape index (κ1) is 19.9. The van der Waals surface area contributed by atoms with Gasteiger partial charge >= 0.3 is 6.18 Å². The van der Waals surface area contributed by atoms with E-state index in [-0.39, 0.29) is 0 Å². The van der Waals surface area contributed by atoms with Gasteiger partial charge in [-0.1, -0.05) is 12.1 Å². The number of ether oxygens (including phenoxy) is 1. The molecule has 0 aromatic heterocycles. The molecule has 0 saturated carbocycles. The highest BCUT2D eigenvalue weighted by atomic mass is 19.4. The van der Waals surface area contributed by atoms with Crippen LogP contribution in [-0.4, -0.2) is 51.7 Å². The number of hydrogen-bond acceptors (Lipinski definition) is 4. The molecule has 1 aromatic rings. The van der Waals surface area contributed by atoms with Crippen molar-refractivity contribution in [2.75, 3.05) is 39.9 Å². The summed E-state index contributed by atoms with van der Waals surface area (Å²) in [5.74, 6) is -1.43. The van der Waals surface area contributed by atoms with Crippen LogP contribution in [0.1, 0.15) is 15.9 Å². The van der Waals surface area contributed by atoms with Crippen molar-refractivity contribution in [1.82, 2.24) is 16.0 Å². The van der Waals surface area contributed by atoms with E-state index in [2.05, 4.69) is 16.0 Å². The minimum Gasteiger partial charge on any atom is -0.383 e. The molecule has 0 fully saturated rings. The summed E-state index contributed by atoms with van der Waals surface area (Å²) in [6.45, 7) is 1.63. The molecule has 0 bridgehead atoms. The van der Waals surface area contributed by atoms with Crippen LogP contribution in [0.4, 0.5) is 13.2 Å². The summed E-state index contributed by atoms with van der Waals surface area (Å²) >= 11 is 0. The highest BCUT2D eigenvalue weighted by Gasteiger charge is 2.34. The number of nitrogens with one attached hydrogen (secondary N) is 3. The minimum absolute atomic E-state index is 0.331. The molecule has 0 unspecified atom stereocenters. The molecule has 0 atom stereocenters. The summed E-state index contributed by atoms with van der Waals surface area (Å²) in [5, 5.41) is 7.72. The van der Waals surface area contributed by atoms with E-state index in [1.807, 2.05) is 0 Å². The number of alkyl halides is 3. The molecule has 0 heterocycles. The van der Waals surface area contributed by atoms with Crippen molar-refractivity contribution in [3.63, 3.8) is 0 Å². The number of hydrogen-bond donors (Lipinski definition) is 3. The monoisotopic (exact) mass is 347 g/mol. The molecule has 0 saturated heterocycles. The maximum Gasteiger partial charge on any atom is 0.417 e. The van der Waals surface area contributed by atoms with Gasteiger partial charge in [0, 0.05) is 26.7 Å². The second-order valence-corrected chi connectivity index (χ2v) is 4.82. The molecular weight excluding hydrogens is 327 g/mol. The zero-order valence-corrected chi connectivity index (χ0v) is 13.2. The third-order valence-corrected chi connectivity index (χ3v) is 2.99. The van der Waals surface area contributed by atoms with Gasteiger partial charge < -0.3 is 20.7 Å². The van der Waals surface area contributed by atoms with Gasteiger partial charge in [0.25, 0.3) is 5.91 Å². The Labute approximate surface area is 137 Å². The van der Waals surface area contributed by atoms with Crippen LogP contribution >= 0.6 is 0 Å². The van der Waals surface area contributed by atoms with E-state index in [9.17, 15) is 22.8 Å². The predicted molar refractivity (Wildman–Crippen MR) is 81.5 cm³/mol. The van der Waals surface area contributed by atoms with Crippen molar-refractivity contribution in [1.29, 1.82) is 0 Å². The van der Waals surface area contributed by atoms with Gasteiger partial charge in [0.2, 0.25) is 5.91 Å². The topological polar surface area (TPSA) is 79.5 Å². The molecule has 0 aliphatic rings. The van der Waals surface area contributed by atoms with Gasteiger partial charge in [0.05, 0.1) is 24.3 Å². The van der Waals surface area contributed by atoms with Crippen LogP contribution in [0.3, 0.4) is 0 Å². The molecule has 2 amide bonds. The Morgan fingerprint density at radius 2 is 1.79 bits per heavy atom. The number of halogens is 3. The Kier molecular flexibility index (Phi) is 8.20. The summed E-state index contributed by atoms with van der Waals surface area (Å²) in [5.41, 5.74) is -1.55. The smallest absolute Gasteiger partial charge is 0.383 e. The molecule has 3 N–H and O–H groups in total. The largest absolute Gasteiger partial charge is 0.417 e. The maximum atomic E-state index is 12.8. The number of carbonyl (C=O) groups is 2. The molecule has 1 aromatic carbocycles. The van der Waals surface area contributed by atoms with Crippen LogP contribution in [-0.2, 0) is 15.7 Å². The lowest BCUT2D eigenvalue weighted by Gasteiger charge is -2.12. The molecule has 0 aliphatic heterocycles. The van der Waals surface area contributed by atoms with Crippen molar-refractivity contribution in [3.05, 3.63) is 35.4 Å². The quantitative estimate of drug-likeness (QED) is 0.577. The number of benzene rings is 1. The molecule has 24 heavy (non-hydrogen) atoms. The van der Waals surface area contributed by atoms with Gasteiger partial charge in [0.1, 0.15) is 0 Å². The molecule has 0 aliphatic carbocycles. The number of methoxy groups -OCH3 is 1. The van der Waals surface area contributed by atoms with Crippen molar-refractivity contribution in [3.8, 4) is 0 Å². The Balaban J connectivity index is 2.40. The SMILES string of the molecule is COCCNCCNC(=O)CNC(=O)c1ccccc1C(F)(F)F. The third-order valence-electron chi connectivity index (χ3n) is 2.99. The normalized spacial score (nSPS) is 11.2. The predicted octanol–water partition coefficient (Wildman–Crippen LogP) is 0.787. The van der Waals surface area contributed by atoms with Crippen LogP contribution in [0.25, 0.3) is 0 Å². The summed E-state index contributed by atoms with van der Waals surface area (Å²) < 4.78 is 43.3. The fourth-order valence-corrected chi connectivity index (χ4v) is 1.84. The lowest BCUT2D eigenvalue weighted by Crippen LogP contribution is -2.40. The van der Waals surface area contributed by atoms with Crippen molar-refractivity contribution in [2.45, 2.75) is 6.18 Å². The fourth-order valence-electron chi connectivity index (χ4n) is 1.84. The maximum absolute atomic E-state index is 12.8. The molecule has 0 radical (unpaired) electrons. The van der Waals surface area contributed by atoms with Crippen molar-refractivity contribution < 1.29 is 27.5 Å². The number of rotatable bonds is 9. The highest BCUT2D eigenvalue weighted by molar-refractivity contribution is 5.97. The van der Waals surface area contributed by atoms with Gasteiger partial charge in [-0.2, -0.15) is 13.2 Å². The van der Waals surface area contributed by atoms with Crippen LogP contribution in [0.15, 0.2) is 24.3 Å². The van der Waals surface area contributed by atoms with E-state index in [1.54, 1.807) is 7.11 Å². The molecular formula is C15H20F3N3O3. The van der Waals surface area contributed by atoms with E-state index in [4.69, 9.17) is 4.74 Å². The zero-order chi connectivity index (χ0) is 18.0. The third kappa shape index (κ3) is 6.97. The summed E-state index contributed by atoms with van der Waals surface area (Å²) in [6, 6.07) is 4.41. The Bertz CT molecular complexity index is 550. The standard InChI is InChI=1S/C15H20F3N3O3/c1-24-9-8-19-6-7-20-13(22)10-21-14(23)11-4-2-3-5-12(11)15(16,17)18/h2-5,19H,6-10H2,1H3,(H,20,22)(H,21,23).